The summed E-state index contributed by atoms with van der Waals surface area (Å²) in [4.78, 5) is 10.9. The lowest BCUT2D eigenvalue weighted by atomic mass is 9.87. The first kappa shape index (κ1) is 12.8. The summed E-state index contributed by atoms with van der Waals surface area (Å²) in [7, 11) is 3.97. The van der Waals surface area contributed by atoms with Crippen LogP contribution in [-0.2, 0) is 7.05 Å². The van der Waals surface area contributed by atoms with Crippen molar-refractivity contribution >= 4 is 16.9 Å². The van der Waals surface area contributed by atoms with Crippen LogP contribution in [0.5, 0.6) is 0 Å². The second-order valence-corrected chi connectivity index (χ2v) is 5.86. The molecule has 18 heavy (non-hydrogen) atoms. The van der Waals surface area contributed by atoms with Crippen LogP contribution in [0.1, 0.15) is 27.7 Å². The number of aryl methyl sites for hydroxylation is 1. The quantitative estimate of drug-likeness (QED) is 0.816. The molecule has 0 fully saturated rings. The van der Waals surface area contributed by atoms with E-state index in [1.807, 2.05) is 13.2 Å². The molecule has 0 amide bonds. The molecular weight excluding hydrogens is 226 g/mol. The van der Waals surface area contributed by atoms with Crippen molar-refractivity contribution in [3.05, 3.63) is 12.5 Å². The second-order valence-electron chi connectivity index (χ2n) is 5.86. The zero-order valence-corrected chi connectivity index (χ0v) is 12.0. The second kappa shape index (κ2) is 4.23. The van der Waals surface area contributed by atoms with Crippen LogP contribution >= 0.6 is 0 Å². The molecule has 0 aliphatic rings. The maximum atomic E-state index is 4.42. The van der Waals surface area contributed by atoms with Crippen LogP contribution < -0.4 is 4.90 Å². The fourth-order valence-corrected chi connectivity index (χ4v) is 2.00. The first-order chi connectivity index (χ1) is 8.32. The third-order valence-electron chi connectivity index (χ3n) is 3.68. The van der Waals surface area contributed by atoms with E-state index in [-0.39, 0.29) is 5.41 Å². The maximum absolute atomic E-state index is 4.42. The summed E-state index contributed by atoms with van der Waals surface area (Å²) >= 11 is 0. The Labute approximate surface area is 108 Å². The molecule has 2 aromatic rings. The molecule has 0 unspecified atom stereocenters. The van der Waals surface area contributed by atoms with Gasteiger partial charge in [0.1, 0.15) is 12.1 Å². The zero-order chi connectivity index (χ0) is 13.5. The van der Waals surface area contributed by atoms with E-state index in [2.05, 4.69) is 54.7 Å². The fraction of sp³-hybridized carbons (Fsp3) is 0.615. The molecule has 5 nitrogen and oxygen atoms in total. The molecule has 98 valence electrons. The van der Waals surface area contributed by atoms with Gasteiger partial charge in [-0.05, 0) is 12.3 Å². The van der Waals surface area contributed by atoms with Crippen LogP contribution in [0.25, 0.3) is 11.0 Å². The van der Waals surface area contributed by atoms with E-state index in [9.17, 15) is 0 Å². The van der Waals surface area contributed by atoms with Gasteiger partial charge in [-0.2, -0.15) is 5.10 Å². The smallest absolute Gasteiger partial charge is 0.163 e. The molecule has 0 N–H and O–H groups in total. The summed E-state index contributed by atoms with van der Waals surface area (Å²) < 4.78 is 1.77. The Morgan fingerprint density at radius 2 is 1.94 bits per heavy atom. The standard InChI is InChI=1S/C13H21N5/c1-9(13(2,3)4)17(5)11-10-7-16-18(6)12(10)15-8-14-11/h7-9H,1-6H3/t9-/m0/s1. The van der Waals surface area contributed by atoms with Crippen molar-refractivity contribution in [2.45, 2.75) is 33.7 Å². The van der Waals surface area contributed by atoms with Crippen molar-refractivity contribution in [2.24, 2.45) is 12.5 Å². The largest absolute Gasteiger partial charge is 0.356 e. The van der Waals surface area contributed by atoms with Gasteiger partial charge in [0.2, 0.25) is 0 Å². The van der Waals surface area contributed by atoms with Gasteiger partial charge in [-0.25, -0.2) is 9.97 Å². The van der Waals surface area contributed by atoms with Crippen molar-refractivity contribution in [3.8, 4) is 0 Å². The van der Waals surface area contributed by atoms with Gasteiger partial charge in [-0.3, -0.25) is 4.68 Å². The molecule has 0 saturated heterocycles. The van der Waals surface area contributed by atoms with E-state index >= 15 is 0 Å². The molecule has 0 aliphatic heterocycles. The average Bonchev–Trinajstić information content (AvgIpc) is 2.68. The Morgan fingerprint density at radius 1 is 1.28 bits per heavy atom. The molecule has 5 heteroatoms. The predicted molar refractivity (Wildman–Crippen MR) is 73.6 cm³/mol. The van der Waals surface area contributed by atoms with Crippen LogP contribution in [-0.4, -0.2) is 32.8 Å². The SMILES string of the molecule is C[C@H](N(C)c1ncnc2c1cnn2C)C(C)(C)C. The number of hydrogen-bond acceptors (Lipinski definition) is 4. The van der Waals surface area contributed by atoms with E-state index in [1.165, 1.54) is 0 Å². The van der Waals surface area contributed by atoms with Gasteiger partial charge in [-0.1, -0.05) is 20.8 Å². The van der Waals surface area contributed by atoms with Gasteiger partial charge in [0.25, 0.3) is 0 Å². The molecule has 2 heterocycles. The minimum atomic E-state index is 0.189. The molecular formula is C13H21N5. The Balaban J connectivity index is 2.48. The molecule has 0 saturated carbocycles. The lowest BCUT2D eigenvalue weighted by Gasteiger charge is -2.36. The fourth-order valence-electron chi connectivity index (χ4n) is 2.00. The summed E-state index contributed by atoms with van der Waals surface area (Å²) in [6, 6.07) is 0.371. The third kappa shape index (κ3) is 2.05. The number of rotatable bonds is 2. The Hall–Kier alpha value is -1.65. The van der Waals surface area contributed by atoms with Gasteiger partial charge in [0, 0.05) is 20.1 Å². The summed E-state index contributed by atoms with van der Waals surface area (Å²) in [6.07, 6.45) is 3.43. The monoisotopic (exact) mass is 247 g/mol. The van der Waals surface area contributed by atoms with E-state index in [1.54, 1.807) is 11.0 Å². The van der Waals surface area contributed by atoms with Crippen LogP contribution in [0.3, 0.4) is 0 Å². The number of hydrogen-bond donors (Lipinski definition) is 0. The van der Waals surface area contributed by atoms with Crippen molar-refractivity contribution in [1.82, 2.24) is 19.7 Å². The number of fused-ring (bicyclic) bond motifs is 1. The topological polar surface area (TPSA) is 46.8 Å². The van der Waals surface area contributed by atoms with Gasteiger partial charge in [0.15, 0.2) is 5.65 Å². The van der Waals surface area contributed by atoms with Crippen LogP contribution in [0.2, 0.25) is 0 Å². The lowest BCUT2D eigenvalue weighted by Crippen LogP contribution is -2.39. The van der Waals surface area contributed by atoms with Crippen molar-refractivity contribution < 1.29 is 0 Å². The highest BCUT2D eigenvalue weighted by Crippen LogP contribution is 2.29. The third-order valence-corrected chi connectivity index (χ3v) is 3.68. The highest BCUT2D eigenvalue weighted by atomic mass is 15.3. The predicted octanol–water partition coefficient (Wildman–Crippen LogP) is 2.23. The molecule has 2 aromatic heterocycles. The van der Waals surface area contributed by atoms with Gasteiger partial charge in [0.05, 0.1) is 11.6 Å². The number of aromatic nitrogens is 4. The lowest BCUT2D eigenvalue weighted by molar-refractivity contribution is 0.329. The molecule has 0 aliphatic carbocycles. The summed E-state index contributed by atoms with van der Waals surface area (Å²) in [5.74, 6) is 0.940. The Bertz CT molecular complexity index is 552. The molecule has 0 bridgehead atoms. The van der Waals surface area contributed by atoms with E-state index in [0.29, 0.717) is 6.04 Å². The highest BCUT2D eigenvalue weighted by molar-refractivity contribution is 5.86. The molecule has 0 aromatic carbocycles. The van der Waals surface area contributed by atoms with Crippen LogP contribution in [0.15, 0.2) is 12.5 Å². The molecule has 1 atom stereocenters. The van der Waals surface area contributed by atoms with Crippen LogP contribution in [0, 0.1) is 5.41 Å². The zero-order valence-electron chi connectivity index (χ0n) is 12.0. The maximum Gasteiger partial charge on any atom is 0.163 e. The molecule has 2 rings (SSSR count). The van der Waals surface area contributed by atoms with E-state index in [4.69, 9.17) is 0 Å². The van der Waals surface area contributed by atoms with Gasteiger partial charge >= 0.3 is 0 Å². The summed E-state index contributed by atoms with van der Waals surface area (Å²) in [6.45, 7) is 8.91. The van der Waals surface area contributed by atoms with Crippen LogP contribution in [0.4, 0.5) is 5.82 Å². The number of nitrogens with zero attached hydrogens (tertiary/aromatic N) is 5. The highest BCUT2D eigenvalue weighted by Gasteiger charge is 2.26. The summed E-state index contributed by atoms with van der Waals surface area (Å²) in [5.41, 5.74) is 1.06. The Kier molecular flexibility index (Phi) is 3.00. The summed E-state index contributed by atoms with van der Waals surface area (Å²) in [5, 5.41) is 5.25. The van der Waals surface area contributed by atoms with Gasteiger partial charge in [-0.15, -0.1) is 0 Å². The normalized spacial score (nSPS) is 13.9. The number of anilines is 1. The van der Waals surface area contributed by atoms with Gasteiger partial charge < -0.3 is 4.90 Å². The Morgan fingerprint density at radius 3 is 2.56 bits per heavy atom. The minimum absolute atomic E-state index is 0.189. The first-order valence-corrected chi connectivity index (χ1v) is 6.18. The molecule has 0 radical (unpaired) electrons. The first-order valence-electron chi connectivity index (χ1n) is 6.18. The van der Waals surface area contributed by atoms with E-state index < -0.39 is 0 Å². The van der Waals surface area contributed by atoms with E-state index in [0.717, 1.165) is 16.9 Å². The van der Waals surface area contributed by atoms with Crippen molar-refractivity contribution in [2.75, 3.05) is 11.9 Å². The van der Waals surface area contributed by atoms with Crippen molar-refractivity contribution in [1.29, 1.82) is 0 Å². The van der Waals surface area contributed by atoms with Crippen molar-refractivity contribution in [3.63, 3.8) is 0 Å². The molecule has 0 spiro atoms. The minimum Gasteiger partial charge on any atom is -0.356 e. The average molecular weight is 247 g/mol.